The van der Waals surface area contributed by atoms with Crippen molar-refractivity contribution in [3.63, 3.8) is 0 Å². The Morgan fingerprint density at radius 3 is 2.52 bits per heavy atom. The minimum absolute atomic E-state index is 0. The normalized spacial score (nSPS) is 19.6. The molecular weight excluding hydrogens is 401 g/mol. The van der Waals surface area contributed by atoms with Gasteiger partial charge < -0.3 is 10.6 Å². The first-order valence-electron chi connectivity index (χ1n) is 9.38. The lowest BCUT2D eigenvalue weighted by molar-refractivity contribution is -0.143. The molecule has 3 rings (SSSR count). The number of likely N-dealkylation sites (tertiary alicyclic amines) is 1. The molecule has 27 heavy (non-hydrogen) atoms. The Morgan fingerprint density at radius 1 is 1.30 bits per heavy atom. The maximum absolute atomic E-state index is 13.5. The Morgan fingerprint density at radius 2 is 1.96 bits per heavy atom. The number of nitrogens with zero attached hydrogens (tertiary/aromatic N) is 2. The Kier molecular flexibility index (Phi) is 9.00. The van der Waals surface area contributed by atoms with Crippen molar-refractivity contribution in [3.05, 3.63) is 29.3 Å². The number of halogens is 2. The first-order valence-corrected chi connectivity index (χ1v) is 10.2. The van der Waals surface area contributed by atoms with Crippen molar-refractivity contribution in [2.45, 2.75) is 52.5 Å². The van der Waals surface area contributed by atoms with E-state index in [-0.39, 0.29) is 36.3 Å². The quantitative estimate of drug-likeness (QED) is 0.721. The average Bonchev–Trinajstić information content (AvgIpc) is 3.21. The first-order chi connectivity index (χ1) is 12.0. The van der Waals surface area contributed by atoms with E-state index < -0.39 is 0 Å². The maximum atomic E-state index is 13.5. The van der Waals surface area contributed by atoms with Gasteiger partial charge >= 0.3 is 0 Å². The molecule has 0 bridgehead atoms. The first kappa shape index (κ1) is 24.2. The van der Waals surface area contributed by atoms with E-state index in [1.807, 2.05) is 18.2 Å². The second-order valence-corrected chi connectivity index (χ2v) is 8.50. The summed E-state index contributed by atoms with van der Waals surface area (Å²) in [4.78, 5) is 20.3. The zero-order valence-electron chi connectivity index (χ0n) is 16.3. The van der Waals surface area contributed by atoms with Crippen molar-refractivity contribution in [1.29, 1.82) is 0 Å². The number of carbonyl (C=O) groups is 1. The van der Waals surface area contributed by atoms with Gasteiger partial charge in [0.05, 0.1) is 20.6 Å². The highest BCUT2D eigenvalue weighted by atomic mass is 35.5. The van der Waals surface area contributed by atoms with Gasteiger partial charge in [-0.1, -0.05) is 26.0 Å². The molecule has 1 aliphatic heterocycles. The van der Waals surface area contributed by atoms with Gasteiger partial charge in [-0.05, 0) is 50.8 Å². The van der Waals surface area contributed by atoms with Crippen LogP contribution in [-0.4, -0.2) is 34.9 Å². The summed E-state index contributed by atoms with van der Waals surface area (Å²) in [6, 6.07) is 8.50. The molecule has 4 nitrogen and oxygen atoms in total. The molecule has 1 aromatic carbocycles. The topological polar surface area (TPSA) is 59.2 Å². The summed E-state index contributed by atoms with van der Waals surface area (Å²) < 4.78 is 1.20. The average molecular weight is 432 g/mol. The number of nitrogens with two attached hydrogens (primary N) is 1. The van der Waals surface area contributed by atoms with E-state index in [4.69, 9.17) is 10.7 Å². The van der Waals surface area contributed by atoms with Gasteiger partial charge in [-0.25, -0.2) is 4.98 Å². The number of benzene rings is 1. The van der Waals surface area contributed by atoms with Crippen LogP contribution >= 0.6 is 36.2 Å². The molecule has 2 aromatic rings. The van der Waals surface area contributed by atoms with Crippen LogP contribution in [0.5, 0.6) is 0 Å². The molecule has 1 fully saturated rings. The smallest absolute Gasteiger partial charge is 0.229 e. The molecule has 1 aromatic heterocycles. The molecular formula is C20H31Cl2N3OS. The summed E-state index contributed by atoms with van der Waals surface area (Å²) >= 11 is 1.72. The van der Waals surface area contributed by atoms with Crippen LogP contribution in [0.1, 0.15) is 45.0 Å². The van der Waals surface area contributed by atoms with Crippen molar-refractivity contribution in [2.24, 2.45) is 17.1 Å². The number of hydrogen-bond donors (Lipinski definition) is 1. The third-order valence-corrected chi connectivity index (χ3v) is 6.93. The number of hydrogen-bond acceptors (Lipinski definition) is 4. The number of amides is 1. The summed E-state index contributed by atoms with van der Waals surface area (Å²) in [5.41, 5.74) is 6.53. The van der Waals surface area contributed by atoms with Crippen molar-refractivity contribution in [3.8, 4) is 0 Å². The minimum Gasteiger partial charge on any atom is -0.339 e. The van der Waals surface area contributed by atoms with Gasteiger partial charge in [0.15, 0.2) is 0 Å². The summed E-state index contributed by atoms with van der Waals surface area (Å²) in [6.45, 7) is 7.89. The van der Waals surface area contributed by atoms with Crippen LogP contribution in [0.15, 0.2) is 24.3 Å². The van der Waals surface area contributed by atoms with Crippen LogP contribution in [0.4, 0.5) is 0 Å². The summed E-state index contributed by atoms with van der Waals surface area (Å²) in [7, 11) is 0. The molecule has 2 atom stereocenters. The Bertz CT molecular complexity index is 715. The fraction of sp³-hybridized carbons (Fsp3) is 0.600. The predicted octanol–water partition coefficient (Wildman–Crippen LogP) is 4.68. The largest absolute Gasteiger partial charge is 0.339 e. The Labute approximate surface area is 178 Å². The Balaban J connectivity index is 0.00000182. The van der Waals surface area contributed by atoms with Crippen molar-refractivity contribution < 1.29 is 4.79 Å². The van der Waals surface area contributed by atoms with Gasteiger partial charge in [-0.15, -0.1) is 36.2 Å². The number of fused-ring (bicyclic) bond motifs is 1. The molecule has 7 heteroatoms. The van der Waals surface area contributed by atoms with Crippen LogP contribution < -0.4 is 5.73 Å². The lowest BCUT2D eigenvalue weighted by Gasteiger charge is -2.36. The van der Waals surface area contributed by atoms with E-state index in [1.54, 1.807) is 11.3 Å². The van der Waals surface area contributed by atoms with Crippen LogP contribution in [0.25, 0.3) is 10.2 Å². The molecule has 1 aliphatic rings. The number of aromatic nitrogens is 1. The molecule has 2 N–H and O–H groups in total. The molecule has 0 radical (unpaired) electrons. The number of thiazole rings is 1. The monoisotopic (exact) mass is 431 g/mol. The fourth-order valence-electron chi connectivity index (χ4n) is 4.06. The van der Waals surface area contributed by atoms with E-state index >= 15 is 0 Å². The zero-order valence-corrected chi connectivity index (χ0v) is 18.8. The highest BCUT2D eigenvalue weighted by Crippen LogP contribution is 2.38. The van der Waals surface area contributed by atoms with E-state index in [0.29, 0.717) is 18.4 Å². The number of para-hydroxylation sites is 1. The van der Waals surface area contributed by atoms with Gasteiger partial charge in [0.2, 0.25) is 5.91 Å². The summed E-state index contributed by atoms with van der Waals surface area (Å²) in [6.07, 6.45) is 3.44. The maximum Gasteiger partial charge on any atom is 0.229 e. The summed E-state index contributed by atoms with van der Waals surface area (Å²) in [5.74, 6) is 0.730. The van der Waals surface area contributed by atoms with Gasteiger partial charge in [-0.3, -0.25) is 4.79 Å². The molecule has 2 unspecified atom stereocenters. The third-order valence-electron chi connectivity index (χ3n) is 5.89. The lowest BCUT2D eigenvalue weighted by atomic mass is 9.77. The lowest BCUT2D eigenvalue weighted by Crippen LogP contribution is -2.46. The molecule has 152 valence electrons. The minimum atomic E-state index is -0.356. The van der Waals surface area contributed by atoms with Crippen LogP contribution in [-0.2, 0) is 11.2 Å². The highest BCUT2D eigenvalue weighted by molar-refractivity contribution is 7.18. The molecule has 1 amide bonds. The van der Waals surface area contributed by atoms with Crippen LogP contribution in [0, 0.1) is 11.3 Å². The second kappa shape index (κ2) is 10.1. The molecule has 2 heterocycles. The molecule has 0 aliphatic carbocycles. The second-order valence-electron chi connectivity index (χ2n) is 7.38. The van der Waals surface area contributed by atoms with Gasteiger partial charge in [0.1, 0.15) is 0 Å². The van der Waals surface area contributed by atoms with E-state index in [1.165, 1.54) is 4.70 Å². The highest BCUT2D eigenvalue weighted by Gasteiger charge is 2.43. The van der Waals surface area contributed by atoms with Gasteiger partial charge in [-0.2, -0.15) is 0 Å². The van der Waals surface area contributed by atoms with Crippen molar-refractivity contribution >= 4 is 52.3 Å². The molecule has 0 saturated carbocycles. The zero-order chi connectivity index (χ0) is 18.0. The Hall–Kier alpha value is -0.880. The van der Waals surface area contributed by atoms with E-state index in [2.05, 4.69) is 31.7 Å². The number of rotatable bonds is 6. The third kappa shape index (κ3) is 4.76. The molecule has 1 saturated heterocycles. The van der Waals surface area contributed by atoms with Crippen LogP contribution in [0.3, 0.4) is 0 Å². The van der Waals surface area contributed by atoms with E-state index in [9.17, 15) is 4.79 Å². The number of carbonyl (C=O) groups excluding carboxylic acids is 1. The molecule has 0 spiro atoms. The fourth-order valence-corrected chi connectivity index (χ4v) is 5.18. The van der Waals surface area contributed by atoms with Crippen molar-refractivity contribution in [1.82, 2.24) is 9.88 Å². The predicted molar refractivity (Wildman–Crippen MR) is 119 cm³/mol. The van der Waals surface area contributed by atoms with Crippen LogP contribution in [0.2, 0.25) is 0 Å². The van der Waals surface area contributed by atoms with Gasteiger partial charge in [0, 0.05) is 19.0 Å². The standard InChI is InChI=1S/C20H29N3OS.2ClH/c1-4-20(5-2,19(24)23-13-15(12-21)10-14(23)3)11-18-22-16-8-6-7-9-17(16)25-18;;/h6-9,14-15H,4-5,10-13,21H2,1-3H3;2*1H. The van der Waals surface area contributed by atoms with E-state index in [0.717, 1.165) is 42.8 Å². The van der Waals surface area contributed by atoms with Gasteiger partial charge in [0.25, 0.3) is 0 Å². The summed E-state index contributed by atoms with van der Waals surface area (Å²) in [5, 5.41) is 1.07. The van der Waals surface area contributed by atoms with Crippen molar-refractivity contribution in [2.75, 3.05) is 13.1 Å². The SMILES string of the molecule is CCC(CC)(Cc1nc2ccccc2s1)C(=O)N1CC(CN)CC1C.Cl.Cl.